The van der Waals surface area contributed by atoms with Gasteiger partial charge in [0.1, 0.15) is 0 Å². The minimum atomic E-state index is -0.854. The van der Waals surface area contributed by atoms with Crippen molar-refractivity contribution in [3.8, 4) is 0 Å². The highest BCUT2D eigenvalue weighted by Crippen LogP contribution is 2.34. The lowest BCUT2D eigenvalue weighted by molar-refractivity contribution is -0.137. The lowest BCUT2D eigenvalue weighted by atomic mass is 10.0. The molecule has 1 unspecified atom stereocenters. The number of hydrogen-bond donors (Lipinski definition) is 2. The summed E-state index contributed by atoms with van der Waals surface area (Å²) in [5.74, 6) is -0.600. The summed E-state index contributed by atoms with van der Waals surface area (Å²) in [5, 5.41) is 11.7. The summed E-state index contributed by atoms with van der Waals surface area (Å²) in [4.78, 5) is 22.8. The fraction of sp³-hybridized carbons (Fsp3) is 0.467. The van der Waals surface area contributed by atoms with Gasteiger partial charge in [-0.1, -0.05) is 24.3 Å². The van der Waals surface area contributed by atoms with Crippen molar-refractivity contribution in [1.29, 1.82) is 0 Å². The van der Waals surface area contributed by atoms with E-state index in [-0.39, 0.29) is 18.4 Å². The van der Waals surface area contributed by atoms with Crippen LogP contribution in [0.2, 0.25) is 0 Å². The Balaban J connectivity index is 1.92. The van der Waals surface area contributed by atoms with Crippen LogP contribution in [0, 0.1) is 12.8 Å². The van der Waals surface area contributed by atoms with E-state index in [0.717, 1.165) is 24.0 Å². The van der Waals surface area contributed by atoms with Gasteiger partial charge in [-0.25, -0.2) is 0 Å². The molecule has 0 aliphatic heterocycles. The van der Waals surface area contributed by atoms with Crippen LogP contribution in [-0.2, 0) is 16.0 Å². The molecule has 102 valence electrons. The highest BCUT2D eigenvalue weighted by molar-refractivity contribution is 5.80. The molecule has 0 saturated heterocycles. The number of nitrogens with one attached hydrogen (secondary N) is 1. The van der Waals surface area contributed by atoms with Crippen LogP contribution in [0.15, 0.2) is 24.3 Å². The number of carboxylic acid groups (broad SMARTS) is 1. The zero-order chi connectivity index (χ0) is 13.8. The second kappa shape index (κ2) is 5.87. The maximum absolute atomic E-state index is 12.0. The van der Waals surface area contributed by atoms with Crippen LogP contribution in [0.4, 0.5) is 0 Å². The number of benzene rings is 1. The smallest absolute Gasteiger partial charge is 0.305 e. The zero-order valence-electron chi connectivity index (χ0n) is 11.1. The van der Waals surface area contributed by atoms with Gasteiger partial charge in [0.05, 0.1) is 12.8 Å². The molecule has 0 aromatic heterocycles. The predicted octanol–water partition coefficient (Wildman–Crippen LogP) is 1.91. The Labute approximate surface area is 112 Å². The molecule has 0 radical (unpaired) electrons. The molecule has 1 fully saturated rings. The normalized spacial score (nSPS) is 15.8. The molecule has 2 N–H and O–H groups in total. The Morgan fingerprint density at radius 1 is 1.37 bits per heavy atom. The Kier molecular flexibility index (Phi) is 4.20. The molecule has 2 rings (SSSR count). The van der Waals surface area contributed by atoms with E-state index < -0.39 is 5.97 Å². The highest BCUT2D eigenvalue weighted by Gasteiger charge is 2.33. The number of carboxylic acids is 1. The third kappa shape index (κ3) is 4.09. The summed E-state index contributed by atoms with van der Waals surface area (Å²) < 4.78 is 0. The number of carbonyl (C=O) groups excluding carboxylic acids is 1. The Bertz CT molecular complexity index is 480. The molecule has 4 nitrogen and oxygen atoms in total. The van der Waals surface area contributed by atoms with Crippen molar-refractivity contribution < 1.29 is 14.7 Å². The number of rotatable bonds is 6. The van der Waals surface area contributed by atoms with Crippen molar-refractivity contribution in [3.05, 3.63) is 35.4 Å². The van der Waals surface area contributed by atoms with Gasteiger partial charge in [-0.15, -0.1) is 0 Å². The topological polar surface area (TPSA) is 66.4 Å². The first-order valence-corrected chi connectivity index (χ1v) is 6.62. The van der Waals surface area contributed by atoms with Crippen LogP contribution in [0.25, 0.3) is 0 Å². The summed E-state index contributed by atoms with van der Waals surface area (Å²) in [6, 6.07) is 7.53. The van der Waals surface area contributed by atoms with Gasteiger partial charge in [0.25, 0.3) is 0 Å². The Hall–Kier alpha value is -1.84. The summed E-state index contributed by atoms with van der Waals surface area (Å²) >= 11 is 0. The molecule has 1 aromatic carbocycles. The second-order valence-electron chi connectivity index (χ2n) is 5.21. The van der Waals surface area contributed by atoms with Gasteiger partial charge in [0, 0.05) is 6.04 Å². The van der Waals surface area contributed by atoms with E-state index in [0.29, 0.717) is 12.3 Å². The van der Waals surface area contributed by atoms with Gasteiger partial charge in [-0.2, -0.15) is 0 Å². The molecule has 1 saturated carbocycles. The molecular weight excluding hydrogens is 242 g/mol. The Morgan fingerprint density at radius 3 is 2.63 bits per heavy atom. The Morgan fingerprint density at radius 2 is 2.05 bits per heavy atom. The van der Waals surface area contributed by atoms with E-state index in [2.05, 4.69) is 5.32 Å². The summed E-state index contributed by atoms with van der Waals surface area (Å²) in [5.41, 5.74) is 2.07. The first-order chi connectivity index (χ1) is 9.06. The number of amides is 1. The first-order valence-electron chi connectivity index (χ1n) is 6.62. The molecule has 1 aliphatic carbocycles. The van der Waals surface area contributed by atoms with Crippen LogP contribution in [-0.4, -0.2) is 23.0 Å². The lowest BCUT2D eigenvalue weighted by Gasteiger charge is -2.16. The number of aryl methyl sites for hydroxylation is 1. The van der Waals surface area contributed by atoms with E-state index in [4.69, 9.17) is 5.11 Å². The van der Waals surface area contributed by atoms with Crippen molar-refractivity contribution >= 4 is 11.9 Å². The van der Waals surface area contributed by atoms with E-state index in [1.54, 1.807) is 0 Å². The van der Waals surface area contributed by atoms with E-state index in [9.17, 15) is 9.59 Å². The average molecular weight is 261 g/mol. The van der Waals surface area contributed by atoms with Gasteiger partial charge < -0.3 is 10.4 Å². The SMILES string of the molecule is Cc1ccccc1CC(=O)NC(CC(=O)O)C1CC1. The predicted molar refractivity (Wildman–Crippen MR) is 71.8 cm³/mol. The highest BCUT2D eigenvalue weighted by atomic mass is 16.4. The van der Waals surface area contributed by atoms with Crippen molar-refractivity contribution in [2.24, 2.45) is 5.92 Å². The molecule has 1 aliphatic rings. The maximum atomic E-state index is 12.0. The summed E-state index contributed by atoms with van der Waals surface area (Å²) in [6.45, 7) is 1.97. The van der Waals surface area contributed by atoms with Crippen LogP contribution >= 0.6 is 0 Å². The van der Waals surface area contributed by atoms with E-state index in [1.165, 1.54) is 0 Å². The van der Waals surface area contributed by atoms with Gasteiger partial charge in [0.15, 0.2) is 0 Å². The van der Waals surface area contributed by atoms with Crippen molar-refractivity contribution in [2.45, 2.75) is 38.6 Å². The summed E-state index contributed by atoms with van der Waals surface area (Å²) in [7, 11) is 0. The van der Waals surface area contributed by atoms with E-state index >= 15 is 0 Å². The number of aliphatic carboxylic acids is 1. The fourth-order valence-corrected chi connectivity index (χ4v) is 2.26. The largest absolute Gasteiger partial charge is 0.481 e. The van der Waals surface area contributed by atoms with Crippen molar-refractivity contribution in [2.75, 3.05) is 0 Å². The lowest BCUT2D eigenvalue weighted by Crippen LogP contribution is -2.39. The first kappa shape index (κ1) is 13.6. The van der Waals surface area contributed by atoms with Gasteiger partial charge in [-0.3, -0.25) is 9.59 Å². The van der Waals surface area contributed by atoms with Crippen LogP contribution in [0.3, 0.4) is 0 Å². The molecule has 1 aromatic rings. The third-order valence-corrected chi connectivity index (χ3v) is 3.54. The fourth-order valence-electron chi connectivity index (χ4n) is 2.26. The molecule has 1 atom stereocenters. The third-order valence-electron chi connectivity index (χ3n) is 3.54. The molecular formula is C15H19NO3. The number of hydrogen-bond acceptors (Lipinski definition) is 2. The van der Waals surface area contributed by atoms with Crippen LogP contribution in [0.1, 0.15) is 30.4 Å². The van der Waals surface area contributed by atoms with Gasteiger partial charge in [-0.05, 0) is 36.8 Å². The molecule has 19 heavy (non-hydrogen) atoms. The number of carbonyl (C=O) groups is 2. The average Bonchev–Trinajstić information content (AvgIpc) is 3.14. The van der Waals surface area contributed by atoms with E-state index in [1.807, 2.05) is 31.2 Å². The monoisotopic (exact) mass is 261 g/mol. The quantitative estimate of drug-likeness (QED) is 0.822. The van der Waals surface area contributed by atoms with Crippen molar-refractivity contribution in [1.82, 2.24) is 5.32 Å². The molecule has 0 heterocycles. The summed E-state index contributed by atoms with van der Waals surface area (Å²) in [6.07, 6.45) is 2.37. The maximum Gasteiger partial charge on any atom is 0.305 e. The second-order valence-corrected chi connectivity index (χ2v) is 5.21. The van der Waals surface area contributed by atoms with Gasteiger partial charge in [0.2, 0.25) is 5.91 Å². The molecule has 0 spiro atoms. The minimum Gasteiger partial charge on any atom is -0.481 e. The molecule has 1 amide bonds. The minimum absolute atomic E-state index is 0.0180. The molecule has 4 heteroatoms. The van der Waals surface area contributed by atoms with Crippen LogP contribution < -0.4 is 5.32 Å². The van der Waals surface area contributed by atoms with Crippen LogP contribution in [0.5, 0.6) is 0 Å². The van der Waals surface area contributed by atoms with Gasteiger partial charge >= 0.3 is 5.97 Å². The zero-order valence-corrected chi connectivity index (χ0v) is 11.1. The standard InChI is InChI=1S/C15H19NO3/c1-10-4-2-3-5-12(10)8-14(17)16-13(9-15(18)19)11-6-7-11/h2-5,11,13H,6-9H2,1H3,(H,16,17)(H,18,19). The molecule has 0 bridgehead atoms. The van der Waals surface area contributed by atoms with Crippen molar-refractivity contribution in [3.63, 3.8) is 0 Å².